The number of hydrogen-bond donors (Lipinski definition) is 2. The minimum atomic E-state index is -0.426. The van der Waals surface area contributed by atoms with Crippen LogP contribution in [0.1, 0.15) is 24.6 Å². The normalized spacial score (nSPS) is 12.0. The molecule has 0 spiro atoms. The summed E-state index contributed by atoms with van der Waals surface area (Å²) in [6.45, 7) is 6.03. The van der Waals surface area contributed by atoms with Crippen molar-refractivity contribution in [1.82, 2.24) is 9.88 Å². The maximum absolute atomic E-state index is 12.2. The van der Waals surface area contributed by atoms with Gasteiger partial charge in [-0.2, -0.15) is 0 Å². The Morgan fingerprint density at radius 3 is 2.78 bits per heavy atom. The van der Waals surface area contributed by atoms with Gasteiger partial charge in [0.15, 0.2) is 0 Å². The lowest BCUT2D eigenvalue weighted by atomic mass is 10.1. The summed E-state index contributed by atoms with van der Waals surface area (Å²) in [5, 5.41) is 12.1. The van der Waals surface area contributed by atoms with Crippen molar-refractivity contribution in [3.05, 3.63) is 35.7 Å². The fourth-order valence-electron chi connectivity index (χ4n) is 2.11. The number of hydrogen-bond acceptors (Lipinski definition) is 4. The zero-order chi connectivity index (χ0) is 17.0. The molecule has 6 nitrogen and oxygen atoms in total. The number of oxazole rings is 1. The van der Waals surface area contributed by atoms with E-state index in [0.717, 1.165) is 16.8 Å². The molecule has 1 atom stereocenters. The van der Waals surface area contributed by atoms with E-state index >= 15 is 0 Å². The molecule has 0 bridgehead atoms. The molecule has 124 valence electrons. The Kier molecular flexibility index (Phi) is 5.39. The molecule has 0 aliphatic rings. The Balaban J connectivity index is 2.10. The molecule has 1 aromatic carbocycles. The van der Waals surface area contributed by atoms with Crippen molar-refractivity contribution in [3.63, 3.8) is 0 Å². The van der Waals surface area contributed by atoms with E-state index in [1.165, 1.54) is 0 Å². The number of carbonyl (C=O) groups excluding carboxylic acids is 1. The smallest absolute Gasteiger partial charge is 0.321 e. The maximum Gasteiger partial charge on any atom is 0.321 e. The van der Waals surface area contributed by atoms with E-state index in [0.29, 0.717) is 24.5 Å². The van der Waals surface area contributed by atoms with Gasteiger partial charge in [-0.15, -0.1) is 0 Å². The third kappa shape index (κ3) is 4.56. The fraction of sp³-hybridized carbons (Fsp3) is 0.412. The van der Waals surface area contributed by atoms with Crippen LogP contribution < -0.4 is 5.32 Å². The van der Waals surface area contributed by atoms with Gasteiger partial charge in [-0.3, -0.25) is 0 Å². The highest BCUT2D eigenvalue weighted by Gasteiger charge is 2.13. The molecule has 0 aliphatic heterocycles. The van der Waals surface area contributed by atoms with Gasteiger partial charge >= 0.3 is 6.03 Å². The molecule has 2 aromatic rings. The van der Waals surface area contributed by atoms with Crippen molar-refractivity contribution in [1.29, 1.82) is 0 Å². The van der Waals surface area contributed by atoms with Gasteiger partial charge in [-0.05, 0) is 44.9 Å². The van der Waals surface area contributed by atoms with Crippen LogP contribution >= 0.6 is 0 Å². The first-order valence-corrected chi connectivity index (χ1v) is 7.60. The topological polar surface area (TPSA) is 78.6 Å². The van der Waals surface area contributed by atoms with Crippen molar-refractivity contribution in [3.8, 4) is 11.5 Å². The first-order chi connectivity index (χ1) is 10.9. The van der Waals surface area contributed by atoms with Crippen LogP contribution in [0, 0.1) is 13.8 Å². The summed E-state index contributed by atoms with van der Waals surface area (Å²) >= 11 is 0. The van der Waals surface area contributed by atoms with Gasteiger partial charge in [0.1, 0.15) is 6.26 Å². The highest BCUT2D eigenvalue weighted by molar-refractivity contribution is 5.90. The number of benzene rings is 1. The van der Waals surface area contributed by atoms with Gasteiger partial charge in [0.05, 0.1) is 11.8 Å². The quantitative estimate of drug-likeness (QED) is 0.887. The summed E-state index contributed by atoms with van der Waals surface area (Å²) in [7, 11) is 1.70. The van der Waals surface area contributed by atoms with E-state index in [-0.39, 0.29) is 6.03 Å². The molecule has 0 saturated heterocycles. The van der Waals surface area contributed by atoms with E-state index in [9.17, 15) is 9.90 Å². The molecule has 0 fully saturated rings. The molecule has 0 radical (unpaired) electrons. The molecular formula is C17H23N3O3. The summed E-state index contributed by atoms with van der Waals surface area (Å²) in [6.07, 6.45) is 1.71. The molecule has 0 saturated carbocycles. The standard InChI is InChI=1S/C17H23N3O3/c1-11-5-6-14(9-15(11)16-18-12(2)10-23-16)19-17(22)20(4)8-7-13(3)21/h5-6,9-10,13,21H,7-8H2,1-4H3,(H,19,22). The molecule has 6 heteroatoms. The lowest BCUT2D eigenvalue weighted by molar-refractivity contribution is 0.167. The molecule has 2 rings (SSSR count). The molecule has 2 N–H and O–H groups in total. The Labute approximate surface area is 136 Å². The largest absolute Gasteiger partial charge is 0.444 e. The minimum absolute atomic E-state index is 0.218. The van der Waals surface area contributed by atoms with Crippen LogP contribution in [0.15, 0.2) is 28.9 Å². The fourth-order valence-corrected chi connectivity index (χ4v) is 2.11. The number of aliphatic hydroxyl groups excluding tert-OH is 1. The SMILES string of the molecule is Cc1coc(-c2cc(NC(=O)N(C)CCC(C)O)ccc2C)n1. The van der Waals surface area contributed by atoms with Gasteiger partial charge < -0.3 is 19.7 Å². The number of rotatable bonds is 5. The highest BCUT2D eigenvalue weighted by atomic mass is 16.3. The van der Waals surface area contributed by atoms with E-state index in [4.69, 9.17) is 4.42 Å². The number of aromatic nitrogens is 1. The summed E-state index contributed by atoms with van der Waals surface area (Å²) < 4.78 is 5.44. The number of urea groups is 1. The Hall–Kier alpha value is -2.34. The van der Waals surface area contributed by atoms with Crippen molar-refractivity contribution >= 4 is 11.7 Å². The molecule has 0 aliphatic carbocycles. The third-order valence-corrected chi connectivity index (χ3v) is 3.57. The van der Waals surface area contributed by atoms with Gasteiger partial charge in [-0.1, -0.05) is 6.07 Å². The Morgan fingerprint density at radius 2 is 2.17 bits per heavy atom. The molecule has 2 amide bonds. The van der Waals surface area contributed by atoms with Crippen molar-refractivity contribution in [2.45, 2.75) is 33.3 Å². The van der Waals surface area contributed by atoms with E-state index in [1.54, 1.807) is 25.1 Å². The predicted molar refractivity (Wildman–Crippen MR) is 89.4 cm³/mol. The zero-order valence-corrected chi connectivity index (χ0v) is 14.0. The molecule has 1 heterocycles. The number of aryl methyl sites for hydroxylation is 2. The van der Waals surface area contributed by atoms with Crippen LogP contribution in [0.2, 0.25) is 0 Å². The highest BCUT2D eigenvalue weighted by Crippen LogP contribution is 2.26. The van der Waals surface area contributed by atoms with E-state index in [1.807, 2.05) is 32.0 Å². The second kappa shape index (κ2) is 7.28. The van der Waals surface area contributed by atoms with Crippen LogP contribution in [0.3, 0.4) is 0 Å². The van der Waals surface area contributed by atoms with Crippen molar-refractivity contribution < 1.29 is 14.3 Å². The Morgan fingerprint density at radius 1 is 1.43 bits per heavy atom. The first kappa shape index (κ1) is 17.0. The van der Waals surface area contributed by atoms with Crippen LogP contribution in [0.25, 0.3) is 11.5 Å². The summed E-state index contributed by atoms with van der Waals surface area (Å²) in [5.74, 6) is 0.540. The maximum atomic E-state index is 12.2. The second-order valence-electron chi connectivity index (χ2n) is 5.81. The number of anilines is 1. The molecular weight excluding hydrogens is 294 g/mol. The number of amides is 2. The molecule has 1 unspecified atom stereocenters. The third-order valence-electron chi connectivity index (χ3n) is 3.57. The predicted octanol–water partition coefficient (Wildman–Crippen LogP) is 3.19. The summed E-state index contributed by atoms with van der Waals surface area (Å²) in [5.41, 5.74) is 3.36. The van der Waals surface area contributed by atoms with Crippen LogP contribution in [0.5, 0.6) is 0 Å². The lowest BCUT2D eigenvalue weighted by Gasteiger charge is -2.19. The monoisotopic (exact) mass is 317 g/mol. The van der Waals surface area contributed by atoms with Crippen molar-refractivity contribution in [2.24, 2.45) is 0 Å². The van der Waals surface area contributed by atoms with Crippen molar-refractivity contribution in [2.75, 3.05) is 18.9 Å². The van der Waals surface area contributed by atoms with Gasteiger partial charge in [0, 0.05) is 24.8 Å². The average molecular weight is 317 g/mol. The molecule has 23 heavy (non-hydrogen) atoms. The van der Waals surface area contributed by atoms with E-state index in [2.05, 4.69) is 10.3 Å². The number of nitrogens with zero attached hydrogens (tertiary/aromatic N) is 2. The van der Waals surface area contributed by atoms with Crippen LogP contribution in [-0.2, 0) is 0 Å². The van der Waals surface area contributed by atoms with Crippen LogP contribution in [0.4, 0.5) is 10.5 Å². The van der Waals surface area contributed by atoms with Gasteiger partial charge in [0.25, 0.3) is 0 Å². The summed E-state index contributed by atoms with van der Waals surface area (Å²) in [4.78, 5) is 18.0. The first-order valence-electron chi connectivity index (χ1n) is 7.60. The number of carbonyl (C=O) groups is 1. The summed E-state index contributed by atoms with van der Waals surface area (Å²) in [6, 6.07) is 5.39. The molecule has 1 aromatic heterocycles. The number of aliphatic hydroxyl groups is 1. The number of nitrogens with one attached hydrogen (secondary N) is 1. The average Bonchev–Trinajstić information content (AvgIpc) is 2.92. The second-order valence-corrected chi connectivity index (χ2v) is 5.81. The minimum Gasteiger partial charge on any atom is -0.444 e. The van der Waals surface area contributed by atoms with Crippen LogP contribution in [-0.4, -0.2) is 40.7 Å². The van der Waals surface area contributed by atoms with E-state index < -0.39 is 6.10 Å². The lowest BCUT2D eigenvalue weighted by Crippen LogP contribution is -2.33. The van der Waals surface area contributed by atoms with Gasteiger partial charge in [0.2, 0.25) is 5.89 Å². The van der Waals surface area contributed by atoms with Gasteiger partial charge in [-0.25, -0.2) is 9.78 Å². The zero-order valence-electron chi connectivity index (χ0n) is 14.0. The Bertz CT molecular complexity index is 679.